The SMILES string of the molecule is NC(=O)CN(CCCCCn1nnc(-c2ccccc2)n1)CCC1CCCCC1. The molecular weight excluding hydrogens is 364 g/mol. The maximum absolute atomic E-state index is 11.4. The summed E-state index contributed by atoms with van der Waals surface area (Å²) in [6.45, 7) is 3.05. The number of tetrazole rings is 1. The average Bonchev–Trinajstić information content (AvgIpc) is 3.21. The Bertz CT molecular complexity index is 726. The van der Waals surface area contributed by atoms with Crippen LogP contribution in [0.1, 0.15) is 57.8 Å². The summed E-state index contributed by atoms with van der Waals surface area (Å²) in [6, 6.07) is 9.90. The first kappa shape index (κ1) is 21.4. The first-order valence-electron chi connectivity index (χ1n) is 11.0. The number of carbonyl (C=O) groups excluding carboxylic acids is 1. The molecule has 1 aliphatic rings. The molecule has 1 saturated carbocycles. The predicted octanol–water partition coefficient (Wildman–Crippen LogP) is 3.27. The van der Waals surface area contributed by atoms with E-state index in [9.17, 15) is 4.79 Å². The number of carbonyl (C=O) groups is 1. The second-order valence-electron chi connectivity index (χ2n) is 8.17. The first-order chi connectivity index (χ1) is 14.2. The van der Waals surface area contributed by atoms with E-state index in [2.05, 4.69) is 20.3 Å². The highest BCUT2D eigenvalue weighted by atomic mass is 16.1. The third-order valence-electron chi connectivity index (χ3n) is 5.78. The number of hydrogen-bond acceptors (Lipinski definition) is 5. The molecule has 0 unspecified atom stereocenters. The van der Waals surface area contributed by atoms with Crippen molar-refractivity contribution in [1.82, 2.24) is 25.1 Å². The highest BCUT2D eigenvalue weighted by Crippen LogP contribution is 2.26. The van der Waals surface area contributed by atoms with Crippen molar-refractivity contribution >= 4 is 5.91 Å². The van der Waals surface area contributed by atoms with Gasteiger partial charge in [0, 0.05) is 5.56 Å². The van der Waals surface area contributed by atoms with Crippen molar-refractivity contribution < 1.29 is 4.79 Å². The van der Waals surface area contributed by atoms with Crippen molar-refractivity contribution in [2.45, 2.75) is 64.3 Å². The van der Waals surface area contributed by atoms with E-state index in [1.807, 2.05) is 30.3 Å². The summed E-state index contributed by atoms with van der Waals surface area (Å²) in [5, 5.41) is 12.7. The van der Waals surface area contributed by atoms with Crippen LogP contribution in [0.4, 0.5) is 0 Å². The summed E-state index contributed by atoms with van der Waals surface area (Å²) < 4.78 is 0. The molecule has 2 N–H and O–H groups in total. The monoisotopic (exact) mass is 398 g/mol. The van der Waals surface area contributed by atoms with Gasteiger partial charge in [-0.05, 0) is 43.5 Å². The Kier molecular flexibility index (Phi) is 8.61. The number of nitrogens with two attached hydrogens (primary N) is 1. The van der Waals surface area contributed by atoms with Crippen LogP contribution in [0.3, 0.4) is 0 Å². The minimum absolute atomic E-state index is 0.228. The van der Waals surface area contributed by atoms with Crippen LogP contribution in [-0.4, -0.2) is 50.6 Å². The number of nitrogens with zero attached hydrogens (tertiary/aromatic N) is 5. The van der Waals surface area contributed by atoms with E-state index in [1.165, 1.54) is 38.5 Å². The molecule has 7 heteroatoms. The fourth-order valence-electron chi connectivity index (χ4n) is 4.14. The molecule has 1 aliphatic carbocycles. The summed E-state index contributed by atoms with van der Waals surface area (Å²) in [4.78, 5) is 15.3. The Labute approximate surface area is 173 Å². The predicted molar refractivity (Wildman–Crippen MR) is 114 cm³/mol. The second-order valence-corrected chi connectivity index (χ2v) is 8.17. The van der Waals surface area contributed by atoms with Crippen LogP contribution >= 0.6 is 0 Å². The van der Waals surface area contributed by atoms with Crippen LogP contribution in [0, 0.1) is 5.92 Å². The second kappa shape index (κ2) is 11.7. The zero-order valence-electron chi connectivity index (χ0n) is 17.4. The van der Waals surface area contributed by atoms with Gasteiger partial charge in [0.25, 0.3) is 0 Å². The fourth-order valence-corrected chi connectivity index (χ4v) is 4.14. The molecule has 1 heterocycles. The number of amides is 1. The van der Waals surface area contributed by atoms with E-state index in [4.69, 9.17) is 5.73 Å². The quantitative estimate of drug-likeness (QED) is 0.554. The van der Waals surface area contributed by atoms with Gasteiger partial charge in [-0.1, -0.05) is 68.9 Å². The van der Waals surface area contributed by atoms with Gasteiger partial charge in [-0.25, -0.2) is 0 Å². The Balaban J connectivity index is 1.35. The van der Waals surface area contributed by atoms with Crippen molar-refractivity contribution in [3.05, 3.63) is 30.3 Å². The van der Waals surface area contributed by atoms with Crippen molar-refractivity contribution in [2.75, 3.05) is 19.6 Å². The number of aromatic nitrogens is 4. The van der Waals surface area contributed by atoms with Crippen LogP contribution in [0.15, 0.2) is 30.3 Å². The number of benzene rings is 1. The van der Waals surface area contributed by atoms with Gasteiger partial charge in [0.1, 0.15) is 0 Å². The lowest BCUT2D eigenvalue weighted by atomic mass is 9.87. The maximum atomic E-state index is 11.4. The number of aryl methyl sites for hydroxylation is 1. The molecular formula is C22H34N6O. The van der Waals surface area contributed by atoms with E-state index in [1.54, 1.807) is 4.80 Å². The third-order valence-corrected chi connectivity index (χ3v) is 5.78. The number of unbranched alkanes of at least 4 members (excludes halogenated alkanes) is 2. The van der Waals surface area contributed by atoms with Gasteiger partial charge in [-0.2, -0.15) is 4.80 Å². The molecule has 1 aromatic carbocycles. The zero-order chi connectivity index (χ0) is 20.3. The molecule has 1 fully saturated rings. The molecule has 2 aromatic rings. The molecule has 1 amide bonds. The van der Waals surface area contributed by atoms with Gasteiger partial charge < -0.3 is 5.73 Å². The van der Waals surface area contributed by atoms with Crippen LogP contribution < -0.4 is 5.73 Å². The molecule has 1 aromatic heterocycles. The van der Waals surface area contributed by atoms with Crippen LogP contribution in [0.2, 0.25) is 0 Å². The first-order valence-corrected chi connectivity index (χ1v) is 11.0. The van der Waals surface area contributed by atoms with Gasteiger partial charge in [-0.3, -0.25) is 9.69 Å². The molecule has 0 atom stereocenters. The van der Waals surface area contributed by atoms with E-state index >= 15 is 0 Å². The lowest BCUT2D eigenvalue weighted by Gasteiger charge is -2.26. The van der Waals surface area contributed by atoms with Gasteiger partial charge in [0.2, 0.25) is 11.7 Å². The standard InChI is InChI=1S/C22H34N6O/c23-21(29)18-27(17-14-19-10-4-1-5-11-19)15-8-3-9-16-28-25-22(24-26-28)20-12-6-2-7-13-20/h2,6-7,12-13,19H,1,3-5,8-11,14-18H2,(H2,23,29). The Morgan fingerprint density at radius 3 is 2.62 bits per heavy atom. The lowest BCUT2D eigenvalue weighted by Crippen LogP contribution is -2.36. The van der Waals surface area contributed by atoms with Crippen LogP contribution in [0.25, 0.3) is 11.4 Å². The largest absolute Gasteiger partial charge is 0.369 e. The van der Waals surface area contributed by atoms with Crippen LogP contribution in [0.5, 0.6) is 0 Å². The Hall–Kier alpha value is -2.28. The molecule has 3 rings (SSSR count). The number of rotatable bonds is 12. The van der Waals surface area contributed by atoms with E-state index in [0.717, 1.165) is 50.4 Å². The number of hydrogen-bond donors (Lipinski definition) is 1. The van der Waals surface area contributed by atoms with Gasteiger partial charge in [0.05, 0.1) is 13.1 Å². The normalized spacial score (nSPS) is 15.1. The maximum Gasteiger partial charge on any atom is 0.231 e. The van der Waals surface area contributed by atoms with E-state index < -0.39 is 0 Å². The fraction of sp³-hybridized carbons (Fsp3) is 0.636. The van der Waals surface area contributed by atoms with Crippen molar-refractivity contribution in [2.24, 2.45) is 11.7 Å². The van der Waals surface area contributed by atoms with Crippen molar-refractivity contribution in [3.8, 4) is 11.4 Å². The topological polar surface area (TPSA) is 89.9 Å². The summed E-state index contributed by atoms with van der Waals surface area (Å²) >= 11 is 0. The zero-order valence-corrected chi connectivity index (χ0v) is 17.4. The number of primary amides is 1. The smallest absolute Gasteiger partial charge is 0.231 e. The van der Waals surface area contributed by atoms with Gasteiger partial charge >= 0.3 is 0 Å². The lowest BCUT2D eigenvalue weighted by molar-refractivity contribution is -0.119. The molecule has 0 bridgehead atoms. The molecule has 0 spiro atoms. The van der Waals surface area contributed by atoms with Crippen molar-refractivity contribution in [3.63, 3.8) is 0 Å². The minimum Gasteiger partial charge on any atom is -0.369 e. The minimum atomic E-state index is -0.228. The summed E-state index contributed by atoms with van der Waals surface area (Å²) in [7, 11) is 0. The Morgan fingerprint density at radius 1 is 1.07 bits per heavy atom. The summed E-state index contributed by atoms with van der Waals surface area (Å²) in [5.74, 6) is 1.27. The summed E-state index contributed by atoms with van der Waals surface area (Å²) in [5.41, 5.74) is 6.44. The average molecular weight is 399 g/mol. The van der Waals surface area contributed by atoms with Gasteiger partial charge in [0.15, 0.2) is 0 Å². The molecule has 29 heavy (non-hydrogen) atoms. The van der Waals surface area contributed by atoms with Crippen molar-refractivity contribution in [1.29, 1.82) is 0 Å². The molecule has 0 aliphatic heterocycles. The van der Waals surface area contributed by atoms with E-state index in [-0.39, 0.29) is 5.91 Å². The molecule has 7 nitrogen and oxygen atoms in total. The van der Waals surface area contributed by atoms with Gasteiger partial charge in [-0.15, -0.1) is 10.2 Å². The molecule has 0 radical (unpaired) electrons. The highest BCUT2D eigenvalue weighted by Gasteiger charge is 2.16. The van der Waals surface area contributed by atoms with Crippen LogP contribution in [-0.2, 0) is 11.3 Å². The molecule has 0 saturated heterocycles. The molecule has 158 valence electrons. The summed E-state index contributed by atoms with van der Waals surface area (Å²) in [6.07, 6.45) is 11.1. The Morgan fingerprint density at radius 2 is 1.86 bits per heavy atom. The highest BCUT2D eigenvalue weighted by molar-refractivity contribution is 5.75. The third kappa shape index (κ3) is 7.57. The van der Waals surface area contributed by atoms with E-state index in [0.29, 0.717) is 12.4 Å².